The first-order valence-corrected chi connectivity index (χ1v) is 4.64. The number of rotatable bonds is 3. The van der Waals surface area contributed by atoms with Crippen LogP contribution in [0.2, 0.25) is 0 Å². The number of nitrogens with one attached hydrogen (secondary N) is 2. The van der Waals surface area contributed by atoms with Gasteiger partial charge in [0.1, 0.15) is 18.0 Å². The predicted octanol–water partition coefficient (Wildman–Crippen LogP) is 0.874. The average molecular weight is 220 g/mol. The fourth-order valence-electron chi connectivity index (χ4n) is 1.21. The molecule has 5 nitrogen and oxygen atoms in total. The molecule has 0 aliphatic heterocycles. The zero-order chi connectivity index (χ0) is 11.4. The van der Waals surface area contributed by atoms with Gasteiger partial charge in [0, 0.05) is 5.56 Å². The molecule has 0 saturated heterocycles. The molecule has 2 aromatic rings. The van der Waals surface area contributed by atoms with Crippen LogP contribution >= 0.6 is 0 Å². The van der Waals surface area contributed by atoms with E-state index in [1.165, 1.54) is 24.5 Å². The SMILES string of the molecule is O=C(NCc1ncn[nH]1)c1cccc(F)c1. The maximum Gasteiger partial charge on any atom is 0.251 e. The first kappa shape index (κ1) is 10.3. The van der Waals surface area contributed by atoms with E-state index in [0.717, 1.165) is 0 Å². The molecular formula is C10H9FN4O. The number of carbonyl (C=O) groups is 1. The Labute approximate surface area is 90.7 Å². The maximum absolute atomic E-state index is 12.8. The molecule has 0 saturated carbocycles. The van der Waals surface area contributed by atoms with Crippen LogP contribution in [0, 0.1) is 5.82 Å². The summed E-state index contributed by atoms with van der Waals surface area (Å²) in [6.07, 6.45) is 1.35. The highest BCUT2D eigenvalue weighted by atomic mass is 19.1. The minimum atomic E-state index is -0.438. The number of hydrogen-bond donors (Lipinski definition) is 2. The molecule has 0 spiro atoms. The normalized spacial score (nSPS) is 10.1. The third kappa shape index (κ3) is 2.41. The van der Waals surface area contributed by atoms with Crippen LogP contribution < -0.4 is 5.32 Å². The summed E-state index contributed by atoms with van der Waals surface area (Å²) in [5.41, 5.74) is 0.277. The Morgan fingerprint density at radius 2 is 2.38 bits per heavy atom. The van der Waals surface area contributed by atoms with Gasteiger partial charge in [0.2, 0.25) is 0 Å². The van der Waals surface area contributed by atoms with Crippen molar-refractivity contribution < 1.29 is 9.18 Å². The van der Waals surface area contributed by atoms with E-state index in [4.69, 9.17) is 0 Å². The number of aromatic nitrogens is 3. The molecule has 0 fully saturated rings. The van der Waals surface area contributed by atoms with Crippen molar-refractivity contribution in [3.8, 4) is 0 Å². The Balaban J connectivity index is 1.98. The van der Waals surface area contributed by atoms with Crippen molar-refractivity contribution in [2.75, 3.05) is 0 Å². The summed E-state index contributed by atoms with van der Waals surface area (Å²) in [7, 11) is 0. The fourth-order valence-corrected chi connectivity index (χ4v) is 1.21. The summed E-state index contributed by atoms with van der Waals surface area (Å²) in [6.45, 7) is 0.231. The number of H-pyrrole nitrogens is 1. The van der Waals surface area contributed by atoms with E-state index in [-0.39, 0.29) is 18.0 Å². The Morgan fingerprint density at radius 3 is 3.06 bits per heavy atom. The van der Waals surface area contributed by atoms with Crippen LogP contribution in [-0.2, 0) is 6.54 Å². The predicted molar refractivity (Wildman–Crippen MR) is 54.0 cm³/mol. The molecule has 0 bridgehead atoms. The highest BCUT2D eigenvalue weighted by molar-refractivity contribution is 5.94. The van der Waals surface area contributed by atoms with E-state index in [1.807, 2.05) is 0 Å². The Bertz CT molecular complexity index is 483. The lowest BCUT2D eigenvalue weighted by molar-refractivity contribution is 0.0949. The molecule has 0 aliphatic rings. The zero-order valence-corrected chi connectivity index (χ0v) is 8.27. The molecule has 1 heterocycles. The van der Waals surface area contributed by atoms with Crippen LogP contribution in [0.4, 0.5) is 4.39 Å². The van der Waals surface area contributed by atoms with Gasteiger partial charge in [0.15, 0.2) is 0 Å². The van der Waals surface area contributed by atoms with Crippen molar-refractivity contribution in [2.45, 2.75) is 6.54 Å². The molecule has 0 unspecified atom stereocenters. The minimum Gasteiger partial charge on any atom is -0.345 e. The molecular weight excluding hydrogens is 211 g/mol. The molecule has 2 rings (SSSR count). The topological polar surface area (TPSA) is 70.7 Å². The number of aromatic amines is 1. The van der Waals surface area contributed by atoms with E-state index in [0.29, 0.717) is 5.82 Å². The zero-order valence-electron chi connectivity index (χ0n) is 8.27. The van der Waals surface area contributed by atoms with Crippen LogP contribution in [0.3, 0.4) is 0 Å². The summed E-state index contributed by atoms with van der Waals surface area (Å²) in [6, 6.07) is 5.49. The van der Waals surface area contributed by atoms with Gasteiger partial charge in [0.05, 0.1) is 6.54 Å². The van der Waals surface area contributed by atoms with Crippen LogP contribution in [0.25, 0.3) is 0 Å². The second-order valence-corrected chi connectivity index (χ2v) is 3.13. The first-order chi connectivity index (χ1) is 7.75. The van der Waals surface area contributed by atoms with Gasteiger partial charge in [-0.1, -0.05) is 6.07 Å². The van der Waals surface area contributed by atoms with E-state index < -0.39 is 5.82 Å². The largest absolute Gasteiger partial charge is 0.345 e. The lowest BCUT2D eigenvalue weighted by Gasteiger charge is -2.02. The van der Waals surface area contributed by atoms with Crippen molar-refractivity contribution in [3.05, 3.63) is 47.8 Å². The molecule has 16 heavy (non-hydrogen) atoms. The van der Waals surface area contributed by atoms with E-state index in [1.54, 1.807) is 6.07 Å². The smallest absolute Gasteiger partial charge is 0.251 e. The van der Waals surface area contributed by atoms with Crippen LogP contribution in [0.5, 0.6) is 0 Å². The number of hydrogen-bond acceptors (Lipinski definition) is 3. The van der Waals surface area contributed by atoms with Gasteiger partial charge < -0.3 is 5.32 Å². The van der Waals surface area contributed by atoms with Gasteiger partial charge in [-0.15, -0.1) is 0 Å². The summed E-state index contributed by atoms with van der Waals surface area (Å²) in [4.78, 5) is 15.4. The Kier molecular flexibility index (Phi) is 2.90. The summed E-state index contributed by atoms with van der Waals surface area (Å²) < 4.78 is 12.8. The van der Waals surface area contributed by atoms with Gasteiger partial charge in [-0.2, -0.15) is 5.10 Å². The molecule has 6 heteroatoms. The monoisotopic (exact) mass is 220 g/mol. The highest BCUT2D eigenvalue weighted by Gasteiger charge is 2.06. The van der Waals surface area contributed by atoms with Gasteiger partial charge in [0.25, 0.3) is 5.91 Å². The third-order valence-electron chi connectivity index (χ3n) is 1.97. The molecule has 1 aromatic heterocycles. The molecule has 0 aliphatic carbocycles. The second-order valence-electron chi connectivity index (χ2n) is 3.13. The minimum absolute atomic E-state index is 0.231. The molecule has 2 N–H and O–H groups in total. The van der Waals surface area contributed by atoms with Crippen molar-refractivity contribution in [1.82, 2.24) is 20.5 Å². The van der Waals surface area contributed by atoms with E-state index in [9.17, 15) is 9.18 Å². The quantitative estimate of drug-likeness (QED) is 0.806. The van der Waals surface area contributed by atoms with Gasteiger partial charge in [-0.25, -0.2) is 9.37 Å². The third-order valence-corrected chi connectivity index (χ3v) is 1.97. The summed E-state index contributed by atoms with van der Waals surface area (Å²) in [5, 5.41) is 8.83. The average Bonchev–Trinajstić information content (AvgIpc) is 2.78. The number of nitrogens with zero attached hydrogens (tertiary/aromatic N) is 2. The molecule has 1 aromatic carbocycles. The number of carbonyl (C=O) groups excluding carboxylic acids is 1. The maximum atomic E-state index is 12.8. The fraction of sp³-hybridized carbons (Fsp3) is 0.100. The molecule has 0 radical (unpaired) electrons. The lowest BCUT2D eigenvalue weighted by atomic mass is 10.2. The highest BCUT2D eigenvalue weighted by Crippen LogP contribution is 2.03. The van der Waals surface area contributed by atoms with Crippen LogP contribution in [0.15, 0.2) is 30.6 Å². The Hall–Kier alpha value is -2.24. The summed E-state index contributed by atoms with van der Waals surface area (Å²) >= 11 is 0. The number of benzene rings is 1. The van der Waals surface area contributed by atoms with Crippen molar-refractivity contribution in [2.24, 2.45) is 0 Å². The molecule has 82 valence electrons. The Morgan fingerprint density at radius 1 is 1.50 bits per heavy atom. The molecule has 1 amide bonds. The first-order valence-electron chi connectivity index (χ1n) is 4.64. The summed E-state index contributed by atoms with van der Waals surface area (Å²) in [5.74, 6) is -0.243. The van der Waals surface area contributed by atoms with Gasteiger partial charge in [-0.05, 0) is 18.2 Å². The van der Waals surface area contributed by atoms with Gasteiger partial charge >= 0.3 is 0 Å². The van der Waals surface area contributed by atoms with Crippen molar-refractivity contribution in [3.63, 3.8) is 0 Å². The number of amides is 1. The number of halogens is 1. The van der Waals surface area contributed by atoms with Gasteiger partial charge in [-0.3, -0.25) is 9.89 Å². The van der Waals surface area contributed by atoms with E-state index in [2.05, 4.69) is 20.5 Å². The van der Waals surface area contributed by atoms with Crippen molar-refractivity contribution in [1.29, 1.82) is 0 Å². The molecule has 0 atom stereocenters. The second kappa shape index (κ2) is 4.52. The van der Waals surface area contributed by atoms with Crippen LogP contribution in [-0.4, -0.2) is 21.1 Å². The van der Waals surface area contributed by atoms with E-state index >= 15 is 0 Å². The van der Waals surface area contributed by atoms with Crippen molar-refractivity contribution >= 4 is 5.91 Å². The lowest BCUT2D eigenvalue weighted by Crippen LogP contribution is -2.23. The van der Waals surface area contributed by atoms with Crippen LogP contribution in [0.1, 0.15) is 16.2 Å². The standard InChI is InChI=1S/C10H9FN4O/c11-8-3-1-2-7(4-8)10(16)12-5-9-13-6-14-15-9/h1-4,6H,5H2,(H,12,16)(H,13,14,15).